The molecule has 9 heteroatoms. The SMILES string of the molecule is CC(C)C[C@H](N)C(=O)NC1CC(C)CN(S(=O)(=O)c2ccccn2)CC1O. The Kier molecular flexibility index (Phi) is 7.32. The first-order chi connectivity index (χ1) is 12.6. The largest absolute Gasteiger partial charge is 0.390 e. The molecule has 8 nitrogen and oxygen atoms in total. The molecular weight excluding hydrogens is 368 g/mol. The van der Waals surface area contributed by atoms with Crippen LogP contribution in [0.4, 0.5) is 0 Å². The van der Waals surface area contributed by atoms with Gasteiger partial charge in [-0.1, -0.05) is 26.8 Å². The van der Waals surface area contributed by atoms with Gasteiger partial charge in [0.15, 0.2) is 5.03 Å². The van der Waals surface area contributed by atoms with E-state index in [1.54, 1.807) is 12.1 Å². The van der Waals surface area contributed by atoms with Crippen LogP contribution in [-0.2, 0) is 14.8 Å². The van der Waals surface area contributed by atoms with Crippen molar-refractivity contribution in [3.63, 3.8) is 0 Å². The van der Waals surface area contributed by atoms with E-state index in [1.807, 2.05) is 20.8 Å². The number of aliphatic hydroxyl groups excluding tert-OH is 1. The van der Waals surface area contributed by atoms with E-state index in [0.717, 1.165) is 0 Å². The highest BCUT2D eigenvalue weighted by atomic mass is 32.2. The van der Waals surface area contributed by atoms with Crippen molar-refractivity contribution in [1.82, 2.24) is 14.6 Å². The van der Waals surface area contributed by atoms with Crippen molar-refractivity contribution in [3.8, 4) is 0 Å². The standard InChI is InChI=1S/C18H30N4O4S/c1-12(2)8-14(19)18(24)21-15-9-13(3)10-22(11-16(15)23)27(25,26)17-6-4-5-7-20-17/h4-7,12-16,23H,8-11,19H2,1-3H3,(H,21,24)/t13?,14-,15?,16?/m0/s1. The van der Waals surface area contributed by atoms with Crippen molar-refractivity contribution in [2.75, 3.05) is 13.1 Å². The van der Waals surface area contributed by atoms with Crippen LogP contribution in [-0.4, -0.2) is 60.0 Å². The molecule has 1 amide bonds. The predicted molar refractivity (Wildman–Crippen MR) is 102 cm³/mol. The Balaban J connectivity index is 2.12. The van der Waals surface area contributed by atoms with Gasteiger partial charge in [0.05, 0.1) is 18.2 Å². The maximum atomic E-state index is 12.8. The summed E-state index contributed by atoms with van der Waals surface area (Å²) in [5.74, 6) is -0.0871. The zero-order chi connectivity index (χ0) is 20.2. The second-order valence-corrected chi connectivity index (χ2v) is 9.63. The fraction of sp³-hybridized carbons (Fsp3) is 0.667. The van der Waals surface area contributed by atoms with E-state index >= 15 is 0 Å². The number of pyridine rings is 1. The third kappa shape index (κ3) is 5.71. The van der Waals surface area contributed by atoms with Gasteiger partial charge in [-0.3, -0.25) is 4.79 Å². The molecule has 1 aliphatic heterocycles. The van der Waals surface area contributed by atoms with Gasteiger partial charge in [0.2, 0.25) is 5.91 Å². The summed E-state index contributed by atoms with van der Waals surface area (Å²) in [5, 5.41) is 13.3. The van der Waals surface area contributed by atoms with Crippen LogP contribution in [0.15, 0.2) is 29.4 Å². The molecule has 0 spiro atoms. The predicted octanol–water partition coefficient (Wildman–Crippen LogP) is 0.331. The van der Waals surface area contributed by atoms with Gasteiger partial charge >= 0.3 is 0 Å². The Hall–Kier alpha value is -1.55. The summed E-state index contributed by atoms with van der Waals surface area (Å²) in [5.41, 5.74) is 5.92. The molecule has 1 aromatic heterocycles. The highest BCUT2D eigenvalue weighted by molar-refractivity contribution is 7.89. The Morgan fingerprint density at radius 1 is 1.41 bits per heavy atom. The summed E-state index contributed by atoms with van der Waals surface area (Å²) < 4.78 is 26.9. The highest BCUT2D eigenvalue weighted by Gasteiger charge is 2.36. The number of rotatable bonds is 6. The second kappa shape index (κ2) is 9.09. The highest BCUT2D eigenvalue weighted by Crippen LogP contribution is 2.23. The van der Waals surface area contributed by atoms with Gasteiger partial charge in [-0.25, -0.2) is 13.4 Å². The molecule has 0 bridgehead atoms. The van der Waals surface area contributed by atoms with Crippen LogP contribution in [0.2, 0.25) is 0 Å². The number of carbonyl (C=O) groups excluding carboxylic acids is 1. The fourth-order valence-corrected chi connectivity index (χ4v) is 4.82. The topological polar surface area (TPSA) is 126 Å². The van der Waals surface area contributed by atoms with Crippen LogP contribution in [0.1, 0.15) is 33.6 Å². The number of hydrogen-bond donors (Lipinski definition) is 3. The monoisotopic (exact) mass is 398 g/mol. The quantitative estimate of drug-likeness (QED) is 0.634. The van der Waals surface area contributed by atoms with E-state index in [0.29, 0.717) is 12.8 Å². The van der Waals surface area contributed by atoms with Crippen LogP contribution in [0.3, 0.4) is 0 Å². The summed E-state index contributed by atoms with van der Waals surface area (Å²) in [4.78, 5) is 16.2. The molecule has 152 valence electrons. The molecule has 2 heterocycles. The zero-order valence-corrected chi connectivity index (χ0v) is 16.9. The number of hydrogen-bond acceptors (Lipinski definition) is 6. The van der Waals surface area contributed by atoms with Gasteiger partial charge in [-0.05, 0) is 36.8 Å². The van der Waals surface area contributed by atoms with E-state index in [4.69, 9.17) is 5.73 Å². The van der Waals surface area contributed by atoms with E-state index in [-0.39, 0.29) is 35.9 Å². The molecule has 2 rings (SSSR count). The first-order valence-electron chi connectivity index (χ1n) is 9.26. The molecular formula is C18H30N4O4S. The van der Waals surface area contributed by atoms with Crippen molar-refractivity contribution in [2.24, 2.45) is 17.6 Å². The third-order valence-electron chi connectivity index (χ3n) is 4.66. The summed E-state index contributed by atoms with van der Waals surface area (Å²) in [6.07, 6.45) is 1.41. The fourth-order valence-electron chi connectivity index (χ4n) is 3.31. The van der Waals surface area contributed by atoms with Crippen molar-refractivity contribution < 1.29 is 18.3 Å². The number of sulfonamides is 1. The van der Waals surface area contributed by atoms with Gasteiger partial charge < -0.3 is 16.2 Å². The minimum absolute atomic E-state index is 0.0488. The lowest BCUT2D eigenvalue weighted by molar-refractivity contribution is -0.124. The van der Waals surface area contributed by atoms with E-state index in [9.17, 15) is 18.3 Å². The summed E-state index contributed by atoms with van der Waals surface area (Å²) >= 11 is 0. The minimum Gasteiger partial charge on any atom is -0.390 e. The Morgan fingerprint density at radius 2 is 2.11 bits per heavy atom. The van der Waals surface area contributed by atoms with Crippen LogP contribution in [0.5, 0.6) is 0 Å². The Bertz CT molecular complexity index is 726. The number of carbonyl (C=O) groups is 1. The number of nitrogens with two attached hydrogens (primary N) is 1. The molecule has 4 N–H and O–H groups in total. The van der Waals surface area contributed by atoms with Crippen molar-refractivity contribution >= 4 is 15.9 Å². The van der Waals surface area contributed by atoms with Gasteiger partial charge in [0.25, 0.3) is 10.0 Å². The number of aliphatic hydroxyl groups is 1. The van der Waals surface area contributed by atoms with Gasteiger partial charge in [-0.15, -0.1) is 0 Å². The summed E-state index contributed by atoms with van der Waals surface area (Å²) in [6.45, 7) is 6.01. The van der Waals surface area contributed by atoms with E-state index < -0.39 is 28.2 Å². The number of aromatic nitrogens is 1. The molecule has 4 atom stereocenters. The first kappa shape index (κ1) is 21.7. The number of nitrogens with one attached hydrogen (secondary N) is 1. The van der Waals surface area contributed by atoms with E-state index in [2.05, 4.69) is 10.3 Å². The van der Waals surface area contributed by atoms with Gasteiger partial charge in [0.1, 0.15) is 0 Å². The molecule has 0 aliphatic carbocycles. The van der Waals surface area contributed by atoms with Crippen molar-refractivity contribution in [2.45, 2.75) is 56.8 Å². The Morgan fingerprint density at radius 3 is 2.70 bits per heavy atom. The molecule has 1 fully saturated rings. The second-order valence-electron chi connectivity index (χ2n) is 7.75. The minimum atomic E-state index is -3.81. The summed E-state index contributed by atoms with van der Waals surface area (Å²) in [7, 11) is -3.81. The van der Waals surface area contributed by atoms with Gasteiger partial charge in [0, 0.05) is 19.3 Å². The molecule has 1 saturated heterocycles. The lowest BCUT2D eigenvalue weighted by Crippen LogP contribution is -2.51. The molecule has 1 aliphatic rings. The number of amides is 1. The normalized spacial score (nSPS) is 25.8. The lowest BCUT2D eigenvalue weighted by Gasteiger charge is -2.26. The molecule has 27 heavy (non-hydrogen) atoms. The molecule has 3 unspecified atom stereocenters. The van der Waals surface area contributed by atoms with E-state index in [1.165, 1.54) is 16.6 Å². The smallest absolute Gasteiger partial charge is 0.260 e. The third-order valence-corrected chi connectivity index (χ3v) is 6.41. The molecule has 0 saturated carbocycles. The molecule has 0 radical (unpaired) electrons. The van der Waals surface area contributed by atoms with Crippen LogP contribution >= 0.6 is 0 Å². The molecule has 0 aromatic carbocycles. The lowest BCUT2D eigenvalue weighted by atomic mass is 9.98. The number of nitrogens with zero attached hydrogens (tertiary/aromatic N) is 2. The maximum Gasteiger partial charge on any atom is 0.260 e. The van der Waals surface area contributed by atoms with Crippen molar-refractivity contribution in [3.05, 3.63) is 24.4 Å². The number of β-amino-alcohol motifs (C(OH)–C–C–N with tert-alkyl or cyclic N) is 1. The zero-order valence-electron chi connectivity index (χ0n) is 16.1. The van der Waals surface area contributed by atoms with Crippen molar-refractivity contribution in [1.29, 1.82) is 0 Å². The first-order valence-corrected chi connectivity index (χ1v) is 10.7. The van der Waals surface area contributed by atoms with Crippen LogP contribution in [0.25, 0.3) is 0 Å². The molecule has 1 aromatic rings. The maximum absolute atomic E-state index is 12.8. The Labute approximate surface area is 161 Å². The van der Waals surface area contributed by atoms with Gasteiger partial charge in [-0.2, -0.15) is 4.31 Å². The average Bonchev–Trinajstić information content (AvgIpc) is 2.74. The van der Waals surface area contributed by atoms with Crippen LogP contribution < -0.4 is 11.1 Å². The average molecular weight is 399 g/mol. The summed E-state index contributed by atoms with van der Waals surface area (Å²) in [6, 6.07) is 3.49. The van der Waals surface area contributed by atoms with Crippen LogP contribution in [0, 0.1) is 11.8 Å².